The van der Waals surface area contributed by atoms with E-state index in [4.69, 9.17) is 4.74 Å². The molecule has 2 heterocycles. The van der Waals surface area contributed by atoms with Crippen molar-refractivity contribution in [2.75, 3.05) is 0 Å². The van der Waals surface area contributed by atoms with E-state index < -0.39 is 4.92 Å². The summed E-state index contributed by atoms with van der Waals surface area (Å²) in [6.45, 7) is 3.82. The molecule has 102 valence electrons. The summed E-state index contributed by atoms with van der Waals surface area (Å²) in [6.07, 6.45) is 1.61. The molecule has 3 rings (SSSR count). The van der Waals surface area contributed by atoms with Crippen LogP contribution in [0.2, 0.25) is 0 Å². The zero-order valence-corrected chi connectivity index (χ0v) is 11.7. The van der Waals surface area contributed by atoms with Crippen LogP contribution >= 0.6 is 11.3 Å². The van der Waals surface area contributed by atoms with Crippen molar-refractivity contribution < 1.29 is 9.66 Å². The number of hydrogen-bond acceptors (Lipinski definition) is 5. The smallest absolute Gasteiger partial charge is 0.393 e. The molecule has 0 atom stereocenters. The van der Waals surface area contributed by atoms with Gasteiger partial charge in [0.25, 0.3) is 4.96 Å². The maximum absolute atomic E-state index is 11.2. The van der Waals surface area contributed by atoms with E-state index in [-0.39, 0.29) is 11.7 Å². The second-order valence-electron chi connectivity index (χ2n) is 4.42. The third-order valence-electron chi connectivity index (χ3n) is 2.93. The Bertz CT molecular complexity index is 806. The van der Waals surface area contributed by atoms with Gasteiger partial charge in [-0.1, -0.05) is 23.5 Å². The maximum atomic E-state index is 11.2. The van der Waals surface area contributed by atoms with Crippen LogP contribution in [-0.2, 0) is 0 Å². The standard InChI is InChI=1S/C13H11N3O3S/c1-8-3-4-9(2)10(7-8)19-11-12(16(17)18)15-5-6-20-13(15)14-11/h3-7H,1-2H3. The maximum Gasteiger partial charge on any atom is 0.393 e. The van der Waals surface area contributed by atoms with Crippen LogP contribution in [0.5, 0.6) is 11.6 Å². The zero-order chi connectivity index (χ0) is 14.3. The Kier molecular flexibility index (Phi) is 2.90. The van der Waals surface area contributed by atoms with Crippen molar-refractivity contribution >= 4 is 22.1 Å². The van der Waals surface area contributed by atoms with Crippen molar-refractivity contribution in [1.82, 2.24) is 9.38 Å². The highest BCUT2D eigenvalue weighted by Crippen LogP contribution is 2.34. The number of ether oxygens (including phenoxy) is 1. The van der Waals surface area contributed by atoms with E-state index in [2.05, 4.69) is 4.98 Å². The highest BCUT2D eigenvalue weighted by molar-refractivity contribution is 7.15. The van der Waals surface area contributed by atoms with Gasteiger partial charge in [-0.05, 0) is 36.0 Å². The molecule has 1 aromatic carbocycles. The van der Waals surface area contributed by atoms with Gasteiger partial charge in [0, 0.05) is 5.38 Å². The fourth-order valence-electron chi connectivity index (χ4n) is 1.91. The molecule has 3 aromatic rings. The topological polar surface area (TPSA) is 69.7 Å². The van der Waals surface area contributed by atoms with E-state index in [0.29, 0.717) is 10.7 Å². The number of rotatable bonds is 3. The Morgan fingerprint density at radius 1 is 1.40 bits per heavy atom. The molecule has 0 unspecified atom stereocenters. The molecule has 0 spiro atoms. The number of aryl methyl sites for hydroxylation is 2. The molecule has 0 bridgehead atoms. The molecule has 0 fully saturated rings. The molecule has 20 heavy (non-hydrogen) atoms. The number of fused-ring (bicyclic) bond motifs is 1. The van der Waals surface area contributed by atoms with Crippen LogP contribution in [0.25, 0.3) is 4.96 Å². The normalized spacial score (nSPS) is 10.9. The van der Waals surface area contributed by atoms with Crippen molar-refractivity contribution in [2.24, 2.45) is 0 Å². The van der Waals surface area contributed by atoms with Gasteiger partial charge in [-0.25, -0.2) is 0 Å². The van der Waals surface area contributed by atoms with Gasteiger partial charge in [-0.3, -0.25) is 0 Å². The van der Waals surface area contributed by atoms with Crippen molar-refractivity contribution in [1.29, 1.82) is 0 Å². The summed E-state index contributed by atoms with van der Waals surface area (Å²) in [5.41, 5.74) is 1.93. The second kappa shape index (κ2) is 4.61. The summed E-state index contributed by atoms with van der Waals surface area (Å²) in [7, 11) is 0. The molecule has 0 aliphatic heterocycles. The van der Waals surface area contributed by atoms with Crippen LogP contribution in [0.15, 0.2) is 29.8 Å². The predicted octanol–water partition coefficient (Wildman–Crippen LogP) is 3.71. The van der Waals surface area contributed by atoms with Crippen LogP contribution in [-0.4, -0.2) is 14.3 Å². The first-order valence-electron chi connectivity index (χ1n) is 5.91. The number of nitro groups is 1. The number of thiazole rings is 1. The summed E-state index contributed by atoms with van der Waals surface area (Å²) in [4.78, 5) is 15.4. The molecule has 0 saturated heterocycles. The van der Waals surface area contributed by atoms with Gasteiger partial charge in [0.1, 0.15) is 11.9 Å². The first-order valence-corrected chi connectivity index (χ1v) is 6.79. The van der Waals surface area contributed by atoms with Crippen molar-refractivity contribution in [3.63, 3.8) is 0 Å². The van der Waals surface area contributed by atoms with Gasteiger partial charge >= 0.3 is 11.7 Å². The SMILES string of the molecule is Cc1ccc(C)c(Oc2nc3sccn3c2[N+](=O)[O-])c1. The van der Waals surface area contributed by atoms with Crippen molar-refractivity contribution in [3.8, 4) is 11.6 Å². The quantitative estimate of drug-likeness (QED) is 0.544. The first-order chi connectivity index (χ1) is 9.56. The Morgan fingerprint density at radius 3 is 2.95 bits per heavy atom. The summed E-state index contributed by atoms with van der Waals surface area (Å²) in [5, 5.41) is 13.0. The Labute approximate surface area is 118 Å². The average Bonchev–Trinajstić information content (AvgIpc) is 2.93. The molecule has 2 aromatic heterocycles. The molecule has 0 radical (unpaired) electrons. The molecule has 0 N–H and O–H groups in total. The number of hydrogen-bond donors (Lipinski definition) is 0. The summed E-state index contributed by atoms with van der Waals surface area (Å²) in [6, 6.07) is 5.71. The van der Waals surface area contributed by atoms with E-state index in [1.54, 1.807) is 11.6 Å². The molecule has 0 saturated carbocycles. The van der Waals surface area contributed by atoms with Crippen molar-refractivity contribution in [2.45, 2.75) is 13.8 Å². The molecule has 6 nitrogen and oxygen atoms in total. The van der Waals surface area contributed by atoms with E-state index in [0.717, 1.165) is 11.1 Å². The number of benzene rings is 1. The van der Waals surface area contributed by atoms with Gasteiger partial charge in [0.05, 0.1) is 0 Å². The average molecular weight is 289 g/mol. The molecule has 0 amide bonds. The minimum absolute atomic E-state index is 0.0237. The minimum Gasteiger partial charge on any atom is -0.432 e. The lowest BCUT2D eigenvalue weighted by molar-refractivity contribution is -0.391. The first kappa shape index (κ1) is 12.6. The summed E-state index contributed by atoms with van der Waals surface area (Å²) in [5.74, 6) is 0.455. The fourth-order valence-corrected chi connectivity index (χ4v) is 2.61. The number of imidazole rings is 1. The lowest BCUT2D eigenvalue weighted by atomic mass is 10.1. The number of nitrogens with zero attached hydrogens (tertiary/aromatic N) is 3. The fraction of sp³-hybridized carbons (Fsp3) is 0.154. The van der Waals surface area contributed by atoms with E-state index >= 15 is 0 Å². The predicted molar refractivity (Wildman–Crippen MR) is 75.7 cm³/mol. The molecular weight excluding hydrogens is 278 g/mol. The lowest BCUT2D eigenvalue weighted by Gasteiger charge is -2.06. The summed E-state index contributed by atoms with van der Waals surface area (Å²) >= 11 is 1.33. The highest BCUT2D eigenvalue weighted by Gasteiger charge is 2.26. The van der Waals surface area contributed by atoms with E-state index in [1.807, 2.05) is 32.0 Å². The van der Waals surface area contributed by atoms with E-state index in [1.165, 1.54) is 15.7 Å². The molecule has 7 heteroatoms. The van der Waals surface area contributed by atoms with E-state index in [9.17, 15) is 10.1 Å². The van der Waals surface area contributed by atoms with Gasteiger partial charge in [-0.15, -0.1) is 0 Å². The second-order valence-corrected chi connectivity index (χ2v) is 5.30. The minimum atomic E-state index is -0.479. The molecule has 0 aliphatic carbocycles. The zero-order valence-electron chi connectivity index (χ0n) is 10.9. The number of aromatic nitrogens is 2. The Hall–Kier alpha value is -2.41. The lowest BCUT2D eigenvalue weighted by Crippen LogP contribution is -1.96. The van der Waals surface area contributed by atoms with Gasteiger partial charge < -0.3 is 14.9 Å². The Balaban J connectivity index is 2.10. The van der Waals surface area contributed by atoms with Crippen LogP contribution < -0.4 is 4.74 Å². The third kappa shape index (κ3) is 2.01. The van der Waals surface area contributed by atoms with Crippen LogP contribution in [0.3, 0.4) is 0 Å². The summed E-state index contributed by atoms with van der Waals surface area (Å²) < 4.78 is 7.08. The largest absolute Gasteiger partial charge is 0.432 e. The monoisotopic (exact) mass is 289 g/mol. The van der Waals surface area contributed by atoms with Gasteiger partial charge in [0.2, 0.25) is 0 Å². The van der Waals surface area contributed by atoms with Crippen LogP contribution in [0, 0.1) is 24.0 Å². The van der Waals surface area contributed by atoms with Gasteiger partial charge in [0.15, 0.2) is 0 Å². The molecular formula is C13H11N3O3S. The Morgan fingerprint density at radius 2 is 2.20 bits per heavy atom. The van der Waals surface area contributed by atoms with Crippen LogP contribution in [0.4, 0.5) is 5.82 Å². The third-order valence-corrected chi connectivity index (χ3v) is 3.69. The van der Waals surface area contributed by atoms with Crippen molar-refractivity contribution in [3.05, 3.63) is 51.0 Å². The van der Waals surface area contributed by atoms with Gasteiger partial charge in [-0.2, -0.15) is 9.38 Å². The molecule has 0 aliphatic rings. The van der Waals surface area contributed by atoms with Crippen LogP contribution in [0.1, 0.15) is 11.1 Å². The highest BCUT2D eigenvalue weighted by atomic mass is 32.1.